The van der Waals surface area contributed by atoms with E-state index in [9.17, 15) is 14.7 Å². The normalized spacial score (nSPS) is 24.6. The number of nitrogens with one attached hydrogen (secondary N) is 1. The van der Waals surface area contributed by atoms with Crippen LogP contribution in [0.3, 0.4) is 0 Å². The van der Waals surface area contributed by atoms with Crippen molar-refractivity contribution < 1.29 is 14.3 Å². The fourth-order valence-electron chi connectivity index (χ4n) is 5.20. The Kier molecular flexibility index (Phi) is 3.98. The van der Waals surface area contributed by atoms with Gasteiger partial charge in [-0.05, 0) is 68.2 Å². The molecule has 0 bridgehead atoms. The number of hydrogen-bond acceptors (Lipinski definition) is 4. The average Bonchev–Trinajstić information content (AvgIpc) is 3.43. The van der Waals surface area contributed by atoms with Crippen LogP contribution in [0.2, 0.25) is 0 Å². The molecule has 2 aliphatic heterocycles. The molecule has 0 amide bonds. The van der Waals surface area contributed by atoms with Crippen LogP contribution in [0.1, 0.15) is 53.1 Å². The fraction of sp³-hybridized carbons (Fsp3) is 0.524. The lowest BCUT2D eigenvalue weighted by molar-refractivity contribution is 0.0694. The van der Waals surface area contributed by atoms with Gasteiger partial charge in [0.05, 0.1) is 17.4 Å². The molecule has 2 N–H and O–H groups in total. The Bertz CT molecular complexity index is 1040. The number of rotatable bonds is 3. The number of pyridine rings is 2. The van der Waals surface area contributed by atoms with E-state index < -0.39 is 17.3 Å². The van der Waals surface area contributed by atoms with Crippen molar-refractivity contribution in [3.05, 3.63) is 45.1 Å². The molecule has 0 spiro atoms. The van der Waals surface area contributed by atoms with Crippen molar-refractivity contribution in [2.24, 2.45) is 5.92 Å². The zero-order valence-corrected chi connectivity index (χ0v) is 15.9. The Balaban J connectivity index is 1.74. The number of carboxylic acid groups (broad SMARTS) is 1. The monoisotopic (exact) mass is 385 g/mol. The number of aromatic nitrogens is 1. The largest absolute Gasteiger partial charge is 0.477 e. The van der Waals surface area contributed by atoms with Crippen molar-refractivity contribution >= 4 is 17.2 Å². The maximum atomic E-state index is 15.3. The summed E-state index contributed by atoms with van der Waals surface area (Å²) in [6.45, 7) is 4.52. The number of hydrogen-bond donors (Lipinski definition) is 2. The lowest BCUT2D eigenvalue weighted by Gasteiger charge is -2.35. The van der Waals surface area contributed by atoms with Crippen LogP contribution >= 0.6 is 0 Å². The van der Waals surface area contributed by atoms with Crippen LogP contribution in [-0.2, 0) is 0 Å². The molecule has 1 aliphatic carbocycles. The SMILES string of the molecule is Cc1c(N2CC[C@H]3CCNC[C@H]32)c(F)cn2c(=O)c(C(=O)O)cc(C3CC3)c12. The molecule has 1 saturated carbocycles. The van der Waals surface area contributed by atoms with E-state index in [0.29, 0.717) is 17.1 Å². The minimum atomic E-state index is -1.26. The van der Waals surface area contributed by atoms with Crippen molar-refractivity contribution in [1.82, 2.24) is 9.72 Å². The molecule has 148 valence electrons. The van der Waals surface area contributed by atoms with Gasteiger partial charge in [-0.3, -0.25) is 9.20 Å². The van der Waals surface area contributed by atoms with Crippen LogP contribution in [0.4, 0.5) is 10.1 Å². The van der Waals surface area contributed by atoms with Crippen LogP contribution in [0.5, 0.6) is 0 Å². The van der Waals surface area contributed by atoms with E-state index >= 15 is 4.39 Å². The second-order valence-corrected chi connectivity index (χ2v) is 8.37. The minimum Gasteiger partial charge on any atom is -0.477 e. The Morgan fingerprint density at radius 2 is 2.07 bits per heavy atom. The van der Waals surface area contributed by atoms with Crippen LogP contribution < -0.4 is 15.8 Å². The molecule has 4 heterocycles. The molecule has 0 radical (unpaired) electrons. The first-order valence-corrected chi connectivity index (χ1v) is 10.1. The van der Waals surface area contributed by atoms with Gasteiger partial charge in [0.25, 0.3) is 5.56 Å². The Hall–Kier alpha value is -2.41. The van der Waals surface area contributed by atoms with E-state index in [-0.39, 0.29) is 17.5 Å². The van der Waals surface area contributed by atoms with Gasteiger partial charge in [-0.25, -0.2) is 9.18 Å². The maximum absolute atomic E-state index is 15.3. The van der Waals surface area contributed by atoms with Gasteiger partial charge in [0.15, 0.2) is 5.82 Å². The van der Waals surface area contributed by atoms with E-state index in [4.69, 9.17) is 0 Å². The van der Waals surface area contributed by atoms with Crippen molar-refractivity contribution in [2.75, 3.05) is 24.5 Å². The van der Waals surface area contributed by atoms with Crippen LogP contribution in [-0.4, -0.2) is 41.2 Å². The first-order valence-electron chi connectivity index (χ1n) is 10.1. The van der Waals surface area contributed by atoms with Crippen molar-refractivity contribution in [2.45, 2.75) is 44.6 Å². The van der Waals surface area contributed by atoms with Crippen molar-refractivity contribution in [3.63, 3.8) is 0 Å². The number of nitrogens with zero attached hydrogens (tertiary/aromatic N) is 2. The van der Waals surface area contributed by atoms with E-state index in [1.165, 1.54) is 16.7 Å². The van der Waals surface area contributed by atoms with Gasteiger partial charge in [0.1, 0.15) is 5.56 Å². The van der Waals surface area contributed by atoms with Crippen LogP contribution in [0.25, 0.3) is 5.52 Å². The predicted molar refractivity (Wildman–Crippen MR) is 104 cm³/mol. The first-order chi connectivity index (χ1) is 13.5. The molecule has 0 unspecified atom stereocenters. The summed E-state index contributed by atoms with van der Waals surface area (Å²) in [6, 6.07) is 1.78. The Morgan fingerprint density at radius 1 is 1.29 bits per heavy atom. The highest BCUT2D eigenvalue weighted by molar-refractivity contribution is 5.89. The third-order valence-electron chi connectivity index (χ3n) is 6.71. The summed E-state index contributed by atoms with van der Waals surface area (Å²) in [5, 5.41) is 12.8. The quantitative estimate of drug-likeness (QED) is 0.849. The van der Waals surface area contributed by atoms with Gasteiger partial charge in [-0.2, -0.15) is 0 Å². The van der Waals surface area contributed by atoms with Gasteiger partial charge in [0, 0.05) is 19.1 Å². The first kappa shape index (κ1) is 17.7. The standard InChI is InChI=1S/C21H24FN3O3/c1-11-18-14(12-2-3-12)8-15(21(27)28)20(26)25(18)10-16(22)19(11)24-7-5-13-4-6-23-9-17(13)24/h8,10,12-13,17,23H,2-7,9H2,1H3,(H,27,28)/t13-,17-/m1/s1. The molecule has 6 nitrogen and oxygen atoms in total. The number of anilines is 1. The summed E-state index contributed by atoms with van der Waals surface area (Å²) in [5.41, 5.74) is 1.89. The number of piperidine rings is 1. The van der Waals surface area contributed by atoms with Gasteiger partial charge < -0.3 is 15.3 Å². The highest BCUT2D eigenvalue weighted by atomic mass is 19.1. The van der Waals surface area contributed by atoms with Crippen LogP contribution in [0, 0.1) is 18.7 Å². The van der Waals surface area contributed by atoms with E-state index in [1.54, 1.807) is 0 Å². The van der Waals surface area contributed by atoms with E-state index in [2.05, 4.69) is 10.2 Å². The molecule has 28 heavy (non-hydrogen) atoms. The highest BCUT2D eigenvalue weighted by Gasteiger charge is 2.38. The second-order valence-electron chi connectivity index (χ2n) is 8.37. The van der Waals surface area contributed by atoms with Gasteiger partial charge in [-0.15, -0.1) is 0 Å². The maximum Gasteiger partial charge on any atom is 0.341 e. The summed E-state index contributed by atoms with van der Waals surface area (Å²) in [5.74, 6) is -0.911. The molecular formula is C21H24FN3O3. The number of carbonyl (C=O) groups is 1. The number of halogens is 1. The number of aryl methyl sites for hydroxylation is 1. The summed E-state index contributed by atoms with van der Waals surface area (Å²) in [4.78, 5) is 26.4. The summed E-state index contributed by atoms with van der Waals surface area (Å²) in [7, 11) is 0. The number of carboxylic acids is 1. The van der Waals surface area contributed by atoms with Crippen molar-refractivity contribution in [3.8, 4) is 0 Å². The molecule has 2 atom stereocenters. The Labute approximate surface area is 162 Å². The third-order valence-corrected chi connectivity index (χ3v) is 6.71. The zero-order chi connectivity index (χ0) is 19.6. The zero-order valence-electron chi connectivity index (χ0n) is 15.9. The number of fused-ring (bicyclic) bond motifs is 2. The molecular weight excluding hydrogens is 361 g/mol. The smallest absolute Gasteiger partial charge is 0.341 e. The van der Waals surface area contributed by atoms with Crippen molar-refractivity contribution in [1.29, 1.82) is 0 Å². The molecule has 7 heteroatoms. The molecule has 2 aromatic rings. The topological polar surface area (TPSA) is 74.0 Å². The molecule has 2 aromatic heterocycles. The van der Waals surface area contributed by atoms with Gasteiger partial charge in [0.2, 0.25) is 0 Å². The summed E-state index contributed by atoms with van der Waals surface area (Å²) < 4.78 is 16.5. The molecule has 3 fully saturated rings. The molecule has 2 saturated heterocycles. The average molecular weight is 385 g/mol. The van der Waals surface area contributed by atoms with Gasteiger partial charge >= 0.3 is 5.97 Å². The fourth-order valence-corrected chi connectivity index (χ4v) is 5.20. The molecule has 5 rings (SSSR count). The molecule has 3 aliphatic rings. The van der Waals surface area contributed by atoms with Gasteiger partial charge in [-0.1, -0.05) is 0 Å². The lowest BCUT2D eigenvalue weighted by atomic mass is 9.93. The second kappa shape index (κ2) is 6.30. The summed E-state index contributed by atoms with van der Waals surface area (Å²) in [6.07, 6.45) is 5.29. The highest BCUT2D eigenvalue weighted by Crippen LogP contribution is 2.44. The summed E-state index contributed by atoms with van der Waals surface area (Å²) >= 11 is 0. The minimum absolute atomic E-state index is 0.244. The number of aromatic carboxylic acids is 1. The Morgan fingerprint density at radius 3 is 2.79 bits per heavy atom. The lowest BCUT2D eigenvalue weighted by Crippen LogP contribution is -2.46. The van der Waals surface area contributed by atoms with Crippen LogP contribution in [0.15, 0.2) is 17.1 Å². The molecule has 0 aromatic carbocycles. The predicted octanol–water partition coefficient (Wildman–Crippen LogP) is 2.51. The van der Waals surface area contributed by atoms with E-state index in [0.717, 1.165) is 56.4 Å². The van der Waals surface area contributed by atoms with E-state index in [1.807, 2.05) is 6.92 Å². The third kappa shape index (κ3) is 2.56.